The Morgan fingerprint density at radius 3 is 2.76 bits per heavy atom. The van der Waals surface area contributed by atoms with Crippen LogP contribution in [0.3, 0.4) is 0 Å². The number of methoxy groups -OCH3 is 1. The molecule has 0 bridgehead atoms. The number of likely N-dealkylation sites (tertiary alicyclic amines) is 1. The van der Waals surface area contributed by atoms with Crippen LogP contribution in [0.4, 0.5) is 0 Å². The molecule has 0 aromatic carbocycles. The molecule has 4 rings (SSSR count). The van der Waals surface area contributed by atoms with Crippen molar-refractivity contribution >= 4 is 5.91 Å². The highest BCUT2D eigenvalue weighted by Crippen LogP contribution is 2.33. The van der Waals surface area contributed by atoms with E-state index in [9.17, 15) is 9.90 Å². The van der Waals surface area contributed by atoms with E-state index in [4.69, 9.17) is 4.74 Å². The Labute approximate surface area is 170 Å². The van der Waals surface area contributed by atoms with E-state index in [2.05, 4.69) is 38.5 Å². The van der Waals surface area contributed by atoms with Gasteiger partial charge in [0.15, 0.2) is 5.82 Å². The van der Waals surface area contributed by atoms with Crippen LogP contribution in [0.15, 0.2) is 18.3 Å². The van der Waals surface area contributed by atoms with Crippen molar-refractivity contribution in [2.45, 2.75) is 51.4 Å². The summed E-state index contributed by atoms with van der Waals surface area (Å²) in [5.41, 5.74) is 0.550. The minimum absolute atomic E-state index is 0.0412. The molecule has 9 heteroatoms. The summed E-state index contributed by atoms with van der Waals surface area (Å²) in [6, 6.07) is 3.81. The molecule has 0 unspecified atom stereocenters. The number of amides is 1. The molecular weight excluding hydrogens is 372 g/mol. The number of β-amino-alcohol motifs (C(OH)–C–C–N with tert-alkyl or cyclic N) is 1. The number of nitrogens with zero attached hydrogens (tertiary/aromatic N) is 6. The first-order valence-corrected chi connectivity index (χ1v) is 10.1. The Bertz CT molecular complexity index is 866. The van der Waals surface area contributed by atoms with Gasteiger partial charge >= 0.3 is 0 Å². The van der Waals surface area contributed by atoms with Crippen LogP contribution < -0.4 is 4.74 Å². The second-order valence-electron chi connectivity index (χ2n) is 7.95. The molecule has 1 N–H and O–H groups in total. The van der Waals surface area contributed by atoms with Gasteiger partial charge in [-0.3, -0.25) is 9.69 Å². The quantitative estimate of drug-likeness (QED) is 0.814. The predicted octanol–water partition coefficient (Wildman–Crippen LogP) is 0.896. The van der Waals surface area contributed by atoms with Crippen molar-refractivity contribution in [2.24, 2.45) is 0 Å². The van der Waals surface area contributed by atoms with Gasteiger partial charge in [-0.15, -0.1) is 10.2 Å². The molecule has 2 aliphatic heterocycles. The smallest absolute Gasteiger partial charge is 0.255 e. The van der Waals surface area contributed by atoms with Crippen molar-refractivity contribution < 1.29 is 14.6 Å². The summed E-state index contributed by atoms with van der Waals surface area (Å²) in [4.78, 5) is 21.2. The summed E-state index contributed by atoms with van der Waals surface area (Å²) in [5.74, 6) is 2.24. The maximum Gasteiger partial charge on any atom is 0.255 e. The van der Waals surface area contributed by atoms with Gasteiger partial charge in [0.25, 0.3) is 5.91 Å². The lowest BCUT2D eigenvalue weighted by atomic mass is 10.1. The molecular formula is C20H28N6O3. The Hall–Kier alpha value is -2.52. The lowest BCUT2D eigenvalue weighted by Gasteiger charge is -2.27. The number of carbonyl (C=O) groups is 1. The summed E-state index contributed by atoms with van der Waals surface area (Å²) in [6.45, 7) is 6.73. The Morgan fingerprint density at radius 1 is 1.24 bits per heavy atom. The number of hydrogen-bond acceptors (Lipinski definition) is 7. The Kier molecular flexibility index (Phi) is 5.51. The van der Waals surface area contributed by atoms with Crippen molar-refractivity contribution in [1.82, 2.24) is 29.5 Å². The van der Waals surface area contributed by atoms with Crippen molar-refractivity contribution in [3.8, 4) is 5.88 Å². The van der Waals surface area contributed by atoms with Gasteiger partial charge < -0.3 is 19.3 Å². The minimum Gasteiger partial charge on any atom is -0.481 e. The Morgan fingerprint density at radius 2 is 2.07 bits per heavy atom. The molecule has 0 spiro atoms. The molecule has 2 aromatic rings. The molecule has 0 radical (unpaired) electrons. The highest BCUT2D eigenvalue weighted by molar-refractivity contribution is 5.94. The summed E-state index contributed by atoms with van der Waals surface area (Å²) >= 11 is 0. The number of aliphatic hydroxyl groups is 1. The molecule has 29 heavy (non-hydrogen) atoms. The van der Waals surface area contributed by atoms with Crippen molar-refractivity contribution in [1.29, 1.82) is 0 Å². The second kappa shape index (κ2) is 8.08. The third-order valence-corrected chi connectivity index (χ3v) is 5.81. The monoisotopic (exact) mass is 400 g/mol. The number of fused-ring (bicyclic) bond motifs is 1. The van der Waals surface area contributed by atoms with Crippen LogP contribution in [0, 0.1) is 0 Å². The fourth-order valence-corrected chi connectivity index (χ4v) is 4.27. The molecule has 0 aliphatic carbocycles. The lowest BCUT2D eigenvalue weighted by Crippen LogP contribution is -2.35. The van der Waals surface area contributed by atoms with Crippen LogP contribution in [0.2, 0.25) is 0 Å². The Balaban J connectivity index is 1.51. The number of rotatable bonds is 4. The van der Waals surface area contributed by atoms with Gasteiger partial charge in [0, 0.05) is 50.9 Å². The van der Waals surface area contributed by atoms with Crippen molar-refractivity contribution in [2.75, 3.05) is 26.7 Å². The highest BCUT2D eigenvalue weighted by atomic mass is 16.5. The first-order valence-electron chi connectivity index (χ1n) is 10.1. The zero-order chi connectivity index (χ0) is 20.5. The molecule has 2 atom stereocenters. The zero-order valence-corrected chi connectivity index (χ0v) is 17.2. The maximum atomic E-state index is 12.9. The van der Waals surface area contributed by atoms with Crippen LogP contribution in [-0.2, 0) is 13.0 Å². The molecule has 156 valence electrons. The predicted molar refractivity (Wildman–Crippen MR) is 106 cm³/mol. The van der Waals surface area contributed by atoms with E-state index in [1.807, 2.05) is 4.90 Å². The van der Waals surface area contributed by atoms with Crippen LogP contribution in [0.25, 0.3) is 0 Å². The second-order valence-corrected chi connectivity index (χ2v) is 7.95. The fraction of sp³-hybridized carbons (Fsp3) is 0.600. The molecule has 2 aromatic heterocycles. The van der Waals surface area contributed by atoms with E-state index in [1.54, 1.807) is 25.4 Å². The normalized spacial score (nSPS) is 22.6. The third-order valence-electron chi connectivity index (χ3n) is 5.81. The van der Waals surface area contributed by atoms with Crippen LogP contribution in [-0.4, -0.2) is 79.5 Å². The van der Waals surface area contributed by atoms with Gasteiger partial charge in [0.1, 0.15) is 5.82 Å². The topological polar surface area (TPSA) is 96.6 Å². The molecule has 4 heterocycles. The average Bonchev–Trinajstić information content (AvgIpc) is 3.24. The van der Waals surface area contributed by atoms with Crippen LogP contribution in [0.5, 0.6) is 5.88 Å². The van der Waals surface area contributed by atoms with E-state index >= 15 is 0 Å². The van der Waals surface area contributed by atoms with Crippen LogP contribution >= 0.6 is 0 Å². The average molecular weight is 400 g/mol. The number of pyridine rings is 1. The largest absolute Gasteiger partial charge is 0.481 e. The van der Waals surface area contributed by atoms with Gasteiger partial charge in [-0.2, -0.15) is 0 Å². The van der Waals surface area contributed by atoms with Crippen molar-refractivity contribution in [3.05, 3.63) is 35.5 Å². The first-order chi connectivity index (χ1) is 14.0. The standard InChI is InChI=1S/C20H28N6O3/c1-13(2)26-12-15(27)10-16(26)19-23-22-17-6-7-24(8-9-25(17)19)20(28)14-4-5-18(29-3)21-11-14/h4-5,11,13,15-16,27H,6-10,12H2,1-3H3/t15-,16+/m1/s1. The van der Waals surface area contributed by atoms with E-state index < -0.39 is 0 Å². The number of carbonyl (C=O) groups excluding carboxylic acids is 1. The summed E-state index contributed by atoms with van der Waals surface area (Å²) < 4.78 is 7.20. The molecule has 2 aliphatic rings. The third kappa shape index (κ3) is 3.84. The van der Waals surface area contributed by atoms with E-state index in [0.717, 1.165) is 11.6 Å². The van der Waals surface area contributed by atoms with E-state index in [-0.39, 0.29) is 18.1 Å². The van der Waals surface area contributed by atoms with Gasteiger partial charge in [-0.25, -0.2) is 4.98 Å². The fourth-order valence-electron chi connectivity index (χ4n) is 4.27. The first kappa shape index (κ1) is 19.8. The molecule has 1 amide bonds. The maximum absolute atomic E-state index is 12.9. The number of ether oxygens (including phenoxy) is 1. The van der Waals surface area contributed by atoms with Gasteiger partial charge in [-0.1, -0.05) is 0 Å². The molecule has 0 saturated carbocycles. The van der Waals surface area contributed by atoms with E-state index in [1.165, 1.54) is 0 Å². The summed E-state index contributed by atoms with van der Waals surface area (Å²) in [5, 5.41) is 19.1. The molecule has 1 fully saturated rings. The van der Waals surface area contributed by atoms with Gasteiger partial charge in [0.05, 0.1) is 24.8 Å². The molecule has 1 saturated heterocycles. The number of aliphatic hydroxyl groups excluding tert-OH is 1. The molecule has 9 nitrogen and oxygen atoms in total. The van der Waals surface area contributed by atoms with Crippen molar-refractivity contribution in [3.63, 3.8) is 0 Å². The zero-order valence-electron chi connectivity index (χ0n) is 17.2. The number of hydrogen-bond donors (Lipinski definition) is 1. The van der Waals surface area contributed by atoms with Gasteiger partial charge in [-0.05, 0) is 26.3 Å². The summed E-state index contributed by atoms with van der Waals surface area (Å²) in [6.07, 6.45) is 2.52. The SMILES string of the molecule is COc1ccc(C(=O)N2CCc3nnc([C@@H]4C[C@@H](O)CN4C(C)C)n3CC2)cn1. The van der Waals surface area contributed by atoms with E-state index in [0.29, 0.717) is 56.5 Å². The van der Waals surface area contributed by atoms with Gasteiger partial charge in [0.2, 0.25) is 5.88 Å². The number of aromatic nitrogens is 4. The summed E-state index contributed by atoms with van der Waals surface area (Å²) in [7, 11) is 1.55. The van der Waals surface area contributed by atoms with Crippen LogP contribution in [0.1, 0.15) is 48.3 Å². The lowest BCUT2D eigenvalue weighted by molar-refractivity contribution is 0.0757. The highest BCUT2D eigenvalue weighted by Gasteiger charge is 2.37. The minimum atomic E-state index is -0.346.